The fourth-order valence-electron chi connectivity index (χ4n) is 4.10. The zero-order valence-corrected chi connectivity index (χ0v) is 22.1. The van der Waals surface area contributed by atoms with Crippen LogP contribution in [0.1, 0.15) is 5.56 Å². The number of likely N-dealkylation sites (N-methyl/N-ethyl adjacent to an activating group) is 1. The predicted molar refractivity (Wildman–Crippen MR) is 143 cm³/mol. The molecule has 0 radical (unpaired) electrons. The van der Waals surface area contributed by atoms with E-state index < -0.39 is 45.6 Å². The molecule has 0 aliphatic carbocycles. The van der Waals surface area contributed by atoms with E-state index in [-0.39, 0.29) is 22.9 Å². The second-order valence-corrected chi connectivity index (χ2v) is 11.1. The van der Waals surface area contributed by atoms with Crippen molar-refractivity contribution in [3.8, 4) is 0 Å². The van der Waals surface area contributed by atoms with Gasteiger partial charge in [0.05, 0.1) is 27.4 Å². The van der Waals surface area contributed by atoms with E-state index in [1.807, 2.05) is 0 Å². The number of aromatic nitrogens is 3. The molecule has 206 valence electrons. The summed E-state index contributed by atoms with van der Waals surface area (Å²) < 4.78 is 70.1. The normalized spacial score (nSPS) is 12.4. The first-order valence-electron chi connectivity index (χ1n) is 11.5. The van der Waals surface area contributed by atoms with Crippen molar-refractivity contribution < 1.29 is 31.2 Å². The number of carbonyl (C=O) groups excluding carboxylic acids is 2. The average molecular weight is 589 g/mol. The number of carbonyl (C=O) groups is 2. The van der Waals surface area contributed by atoms with Crippen molar-refractivity contribution in [2.75, 3.05) is 11.9 Å². The van der Waals surface area contributed by atoms with Crippen LogP contribution in [-0.2, 0) is 21.4 Å². The topological polar surface area (TPSA) is 126 Å². The molecule has 15 heteroatoms. The van der Waals surface area contributed by atoms with Crippen LogP contribution in [0.5, 0.6) is 0 Å². The minimum Gasteiger partial charge on any atom is -0.325 e. The fourth-order valence-corrected chi connectivity index (χ4v) is 5.73. The molecule has 3 amide bonds. The molecule has 40 heavy (non-hydrogen) atoms. The third-order valence-corrected chi connectivity index (χ3v) is 7.94. The molecule has 10 nitrogen and oxygen atoms in total. The lowest BCUT2D eigenvalue weighted by atomic mass is 10.0. The molecular formula is C25H19F3N6O4S2. The Morgan fingerprint density at radius 2 is 1.77 bits per heavy atom. The van der Waals surface area contributed by atoms with Crippen molar-refractivity contribution in [1.82, 2.24) is 24.2 Å². The van der Waals surface area contributed by atoms with Gasteiger partial charge in [0, 0.05) is 30.6 Å². The molecule has 0 unspecified atom stereocenters. The predicted octanol–water partition coefficient (Wildman–Crippen LogP) is 3.73. The standard InChI is InChI=1S/C25H19F3N6O4S2/c1-33(19-3-5-23-20(11-19)29-13-39-23)24(35)21(8-14-6-17(27)10-18(28)7-14)31-25(36)32-40(37,38)34-22-4-2-16(26)9-15(22)12-30-34/h2-7,9-13,21H,8H2,1H3,(H2,31,32,36)/t21-/m0/s1. The minimum atomic E-state index is -4.63. The van der Waals surface area contributed by atoms with Crippen LogP contribution in [0.3, 0.4) is 0 Å². The molecule has 0 fully saturated rings. The molecule has 0 saturated carbocycles. The van der Waals surface area contributed by atoms with Crippen molar-refractivity contribution in [1.29, 1.82) is 0 Å². The molecule has 1 atom stereocenters. The van der Waals surface area contributed by atoms with Crippen LogP contribution in [0.4, 0.5) is 23.7 Å². The summed E-state index contributed by atoms with van der Waals surface area (Å²) in [5, 5.41) is 6.16. The number of hydrogen-bond acceptors (Lipinski definition) is 7. The van der Waals surface area contributed by atoms with Crippen molar-refractivity contribution >= 4 is 60.3 Å². The van der Waals surface area contributed by atoms with Crippen molar-refractivity contribution in [2.24, 2.45) is 0 Å². The average Bonchev–Trinajstić information content (AvgIpc) is 3.53. The summed E-state index contributed by atoms with van der Waals surface area (Å²) in [6.07, 6.45) is 0.739. The third kappa shape index (κ3) is 5.60. The summed E-state index contributed by atoms with van der Waals surface area (Å²) >= 11 is 1.41. The number of anilines is 1. The van der Waals surface area contributed by atoms with E-state index in [1.165, 1.54) is 29.4 Å². The van der Waals surface area contributed by atoms with Crippen molar-refractivity contribution in [3.63, 3.8) is 0 Å². The van der Waals surface area contributed by atoms with E-state index in [2.05, 4.69) is 15.4 Å². The number of nitrogens with zero attached hydrogens (tertiary/aromatic N) is 4. The maximum atomic E-state index is 13.9. The summed E-state index contributed by atoms with van der Waals surface area (Å²) in [6, 6.07) is 8.24. The summed E-state index contributed by atoms with van der Waals surface area (Å²) in [4.78, 5) is 31.8. The van der Waals surface area contributed by atoms with Gasteiger partial charge in [0.1, 0.15) is 23.5 Å². The largest absolute Gasteiger partial charge is 0.347 e. The van der Waals surface area contributed by atoms with Gasteiger partial charge in [-0.1, -0.05) is 0 Å². The van der Waals surface area contributed by atoms with Crippen LogP contribution in [0.25, 0.3) is 21.1 Å². The molecule has 0 aliphatic rings. The summed E-state index contributed by atoms with van der Waals surface area (Å²) in [5.41, 5.74) is 2.74. The van der Waals surface area contributed by atoms with E-state index in [0.29, 0.717) is 21.4 Å². The van der Waals surface area contributed by atoms with Gasteiger partial charge in [-0.15, -0.1) is 15.4 Å². The van der Waals surface area contributed by atoms with Gasteiger partial charge in [-0.25, -0.2) is 27.7 Å². The first-order valence-corrected chi connectivity index (χ1v) is 13.8. The number of nitrogens with one attached hydrogen (secondary N) is 2. The monoisotopic (exact) mass is 588 g/mol. The quantitative estimate of drug-likeness (QED) is 0.299. The first-order chi connectivity index (χ1) is 19.0. The molecular weight excluding hydrogens is 569 g/mol. The van der Waals surface area contributed by atoms with Crippen LogP contribution < -0.4 is 14.9 Å². The Labute approximate surface area is 229 Å². The molecule has 3 aromatic carbocycles. The van der Waals surface area contributed by atoms with E-state index in [9.17, 15) is 31.2 Å². The third-order valence-electron chi connectivity index (χ3n) is 5.94. The smallest absolute Gasteiger partial charge is 0.325 e. The number of hydrogen-bond donors (Lipinski definition) is 2. The van der Waals surface area contributed by atoms with E-state index in [0.717, 1.165) is 35.2 Å². The lowest BCUT2D eigenvalue weighted by Crippen LogP contribution is -2.53. The number of urea groups is 1. The zero-order valence-electron chi connectivity index (χ0n) is 20.5. The summed E-state index contributed by atoms with van der Waals surface area (Å²) in [7, 11) is -3.20. The fraction of sp³-hybridized carbons (Fsp3) is 0.120. The molecule has 2 N–H and O–H groups in total. The van der Waals surface area contributed by atoms with E-state index in [4.69, 9.17) is 0 Å². The van der Waals surface area contributed by atoms with E-state index >= 15 is 0 Å². The number of amides is 3. The minimum absolute atomic E-state index is 0.00160. The maximum Gasteiger partial charge on any atom is 0.347 e. The Balaban J connectivity index is 1.41. The SMILES string of the molecule is CN(C(=O)[C@H](Cc1cc(F)cc(F)c1)NC(=O)NS(=O)(=O)n1ncc2cc(F)ccc21)c1ccc2scnc2c1. The number of halogens is 3. The van der Waals surface area contributed by atoms with E-state index in [1.54, 1.807) is 28.4 Å². The maximum absolute atomic E-state index is 13.9. The van der Waals surface area contributed by atoms with Gasteiger partial charge in [-0.05, 0) is 54.1 Å². The Kier molecular flexibility index (Phi) is 7.16. The van der Waals surface area contributed by atoms with Gasteiger partial charge >= 0.3 is 16.2 Å². The van der Waals surface area contributed by atoms with Gasteiger partial charge in [-0.2, -0.15) is 13.5 Å². The second-order valence-electron chi connectivity index (χ2n) is 8.71. The molecule has 0 bridgehead atoms. The lowest BCUT2D eigenvalue weighted by molar-refractivity contribution is -0.120. The zero-order chi connectivity index (χ0) is 28.6. The van der Waals surface area contributed by atoms with Gasteiger partial charge in [0.15, 0.2) is 0 Å². The van der Waals surface area contributed by atoms with Gasteiger partial charge in [0.2, 0.25) is 5.91 Å². The highest BCUT2D eigenvalue weighted by Crippen LogP contribution is 2.24. The highest BCUT2D eigenvalue weighted by molar-refractivity contribution is 7.88. The highest BCUT2D eigenvalue weighted by atomic mass is 32.2. The number of benzene rings is 3. The lowest BCUT2D eigenvalue weighted by Gasteiger charge is -2.25. The van der Waals surface area contributed by atoms with Gasteiger partial charge in [0.25, 0.3) is 0 Å². The molecule has 0 spiro atoms. The second kappa shape index (κ2) is 10.6. The van der Waals surface area contributed by atoms with Crippen LogP contribution >= 0.6 is 11.3 Å². The van der Waals surface area contributed by atoms with Crippen LogP contribution in [0.15, 0.2) is 66.3 Å². The Morgan fingerprint density at radius 3 is 2.52 bits per heavy atom. The molecule has 2 heterocycles. The van der Waals surface area contributed by atoms with Gasteiger partial charge < -0.3 is 10.2 Å². The number of thiazole rings is 1. The Bertz CT molecular complexity index is 1850. The molecule has 5 aromatic rings. The number of fused-ring (bicyclic) bond motifs is 2. The van der Waals surface area contributed by atoms with Crippen molar-refractivity contribution in [2.45, 2.75) is 12.5 Å². The Hall–Kier alpha value is -4.50. The molecule has 2 aromatic heterocycles. The van der Waals surface area contributed by atoms with Gasteiger partial charge in [-0.3, -0.25) is 4.79 Å². The van der Waals surface area contributed by atoms with Crippen LogP contribution in [0.2, 0.25) is 0 Å². The molecule has 5 rings (SSSR count). The Morgan fingerprint density at radius 1 is 1.02 bits per heavy atom. The van der Waals surface area contributed by atoms with Crippen molar-refractivity contribution in [3.05, 3.63) is 89.3 Å². The summed E-state index contributed by atoms with van der Waals surface area (Å²) in [5.74, 6) is -3.09. The van der Waals surface area contributed by atoms with Crippen LogP contribution in [-0.4, -0.2) is 47.6 Å². The number of rotatable bonds is 7. The molecule has 0 saturated heterocycles. The summed E-state index contributed by atoms with van der Waals surface area (Å²) in [6.45, 7) is 0. The highest BCUT2D eigenvalue weighted by Gasteiger charge is 2.28. The van der Waals surface area contributed by atoms with Crippen LogP contribution in [0, 0.1) is 17.5 Å². The molecule has 0 aliphatic heterocycles. The first kappa shape index (κ1) is 27.1.